The maximum absolute atomic E-state index is 12.3. The summed E-state index contributed by atoms with van der Waals surface area (Å²) in [5, 5.41) is 20.7. The van der Waals surface area contributed by atoms with Crippen molar-refractivity contribution in [3.05, 3.63) is 76.9 Å². The summed E-state index contributed by atoms with van der Waals surface area (Å²) in [6, 6.07) is 13.9. The number of amides is 2. The highest BCUT2D eigenvalue weighted by atomic mass is 16.5. The molecule has 0 bridgehead atoms. The molecular weight excluding hydrogens is 404 g/mol. The van der Waals surface area contributed by atoms with Crippen molar-refractivity contribution in [1.82, 2.24) is 10.8 Å². The first-order valence-electron chi connectivity index (χ1n) is 10.8. The summed E-state index contributed by atoms with van der Waals surface area (Å²) in [6.45, 7) is 1.35. The third-order valence-corrected chi connectivity index (χ3v) is 5.40. The lowest BCUT2D eigenvalue weighted by Gasteiger charge is -2.19. The monoisotopic (exact) mass is 432 g/mol. The minimum atomic E-state index is -1.25. The molecule has 0 saturated heterocycles. The summed E-state index contributed by atoms with van der Waals surface area (Å²) in [7, 11) is 0. The van der Waals surface area contributed by atoms with Crippen LogP contribution in [0.15, 0.2) is 54.6 Å². The normalized spacial score (nSPS) is 14.8. The Hall–Kier alpha value is -3.40. The second-order valence-electron chi connectivity index (χ2n) is 8.07. The third kappa shape index (κ3) is 7.09. The Bertz CT molecular complexity index is 1010. The average molecular weight is 433 g/mol. The zero-order valence-corrected chi connectivity index (χ0v) is 18.0. The molecule has 32 heavy (non-hydrogen) atoms. The van der Waals surface area contributed by atoms with Gasteiger partial charge in [0, 0.05) is 11.1 Å². The molecule has 3 rings (SSSR count). The zero-order chi connectivity index (χ0) is 22.9. The third-order valence-electron chi connectivity index (χ3n) is 5.40. The van der Waals surface area contributed by atoms with E-state index < -0.39 is 24.0 Å². The number of allylic oxidation sites excluding steroid dienone is 1. The molecule has 0 unspecified atom stereocenters. The Morgan fingerprint density at radius 3 is 2.41 bits per heavy atom. The topological polar surface area (TPSA) is 98.7 Å². The smallest absolute Gasteiger partial charge is 0.268 e. The number of nitrogens with one attached hydrogen (secondary N) is 2. The summed E-state index contributed by atoms with van der Waals surface area (Å²) < 4.78 is 0. The van der Waals surface area contributed by atoms with Gasteiger partial charge >= 0.3 is 0 Å². The van der Waals surface area contributed by atoms with Gasteiger partial charge in [0.15, 0.2) is 0 Å². The van der Waals surface area contributed by atoms with Crippen molar-refractivity contribution in [1.29, 1.82) is 0 Å². The number of aryl methyl sites for hydroxylation is 1. The molecule has 2 atom stereocenters. The van der Waals surface area contributed by atoms with E-state index in [1.807, 2.05) is 18.2 Å². The van der Waals surface area contributed by atoms with Gasteiger partial charge < -0.3 is 10.4 Å². The predicted molar refractivity (Wildman–Crippen MR) is 123 cm³/mol. The number of hydrogen-bond donors (Lipinski definition) is 4. The molecule has 1 aliphatic carbocycles. The van der Waals surface area contributed by atoms with Crippen LogP contribution < -0.4 is 10.8 Å². The Kier molecular flexibility index (Phi) is 8.20. The van der Waals surface area contributed by atoms with Crippen LogP contribution in [0.5, 0.6) is 0 Å². The van der Waals surface area contributed by atoms with Crippen molar-refractivity contribution in [2.75, 3.05) is 0 Å². The van der Waals surface area contributed by atoms with Crippen LogP contribution in [0.25, 0.3) is 6.08 Å². The van der Waals surface area contributed by atoms with Crippen LogP contribution in [0.1, 0.15) is 53.2 Å². The van der Waals surface area contributed by atoms with Crippen LogP contribution in [0.2, 0.25) is 0 Å². The van der Waals surface area contributed by atoms with E-state index in [2.05, 4.69) is 29.3 Å². The SMILES string of the molecule is C[C@@H](O)[C@H](NC(=O)c1ccc(/C=C/C#Cc2ccc(CCC3CC3)cc2)cc1)C(=O)NO. The molecule has 2 aromatic carbocycles. The fraction of sp³-hybridized carbons (Fsp3) is 0.308. The number of rotatable bonds is 8. The van der Waals surface area contributed by atoms with E-state index in [1.54, 1.807) is 30.3 Å². The molecule has 166 valence electrons. The molecule has 1 saturated carbocycles. The number of aliphatic hydroxyl groups excluding tert-OH is 1. The molecule has 6 heteroatoms. The molecular formula is C26H28N2O4. The largest absolute Gasteiger partial charge is 0.391 e. The molecule has 0 radical (unpaired) electrons. The van der Waals surface area contributed by atoms with E-state index in [0.717, 1.165) is 23.5 Å². The fourth-order valence-electron chi connectivity index (χ4n) is 3.24. The van der Waals surface area contributed by atoms with Gasteiger partial charge in [-0.3, -0.25) is 14.8 Å². The molecule has 1 fully saturated rings. The lowest BCUT2D eigenvalue weighted by atomic mass is 10.1. The van der Waals surface area contributed by atoms with E-state index in [4.69, 9.17) is 5.21 Å². The van der Waals surface area contributed by atoms with Crippen LogP contribution in [0.3, 0.4) is 0 Å². The molecule has 2 amide bonds. The van der Waals surface area contributed by atoms with E-state index in [9.17, 15) is 14.7 Å². The predicted octanol–water partition coefficient (Wildman–Crippen LogP) is 3.08. The molecule has 0 spiro atoms. The second kappa shape index (κ2) is 11.3. The first-order valence-corrected chi connectivity index (χ1v) is 10.8. The fourth-order valence-corrected chi connectivity index (χ4v) is 3.24. The maximum Gasteiger partial charge on any atom is 0.268 e. The van der Waals surface area contributed by atoms with Crippen molar-refractivity contribution in [2.24, 2.45) is 5.92 Å². The van der Waals surface area contributed by atoms with Gasteiger partial charge in [-0.05, 0) is 73.2 Å². The Morgan fingerprint density at radius 2 is 1.81 bits per heavy atom. The van der Waals surface area contributed by atoms with Crippen LogP contribution in [-0.4, -0.2) is 34.3 Å². The van der Waals surface area contributed by atoms with Gasteiger partial charge in [0.1, 0.15) is 6.04 Å². The number of hydrogen-bond acceptors (Lipinski definition) is 4. The van der Waals surface area contributed by atoms with Crippen LogP contribution in [0.4, 0.5) is 0 Å². The van der Waals surface area contributed by atoms with Crippen molar-refractivity contribution >= 4 is 17.9 Å². The van der Waals surface area contributed by atoms with Gasteiger partial charge in [-0.1, -0.05) is 48.9 Å². The lowest BCUT2D eigenvalue weighted by molar-refractivity contribution is -0.133. The van der Waals surface area contributed by atoms with Crippen molar-refractivity contribution in [3.63, 3.8) is 0 Å². The maximum atomic E-state index is 12.3. The molecule has 0 aromatic heterocycles. The highest BCUT2D eigenvalue weighted by molar-refractivity contribution is 5.97. The highest BCUT2D eigenvalue weighted by Crippen LogP contribution is 2.33. The number of hydroxylamine groups is 1. The van der Waals surface area contributed by atoms with Gasteiger partial charge in [0.05, 0.1) is 6.10 Å². The molecule has 2 aromatic rings. The number of carbonyl (C=O) groups is 2. The Morgan fingerprint density at radius 1 is 1.12 bits per heavy atom. The molecule has 6 nitrogen and oxygen atoms in total. The quantitative estimate of drug-likeness (QED) is 0.293. The van der Waals surface area contributed by atoms with Crippen molar-refractivity contribution in [3.8, 4) is 11.8 Å². The standard InChI is InChI=1S/C26H28N2O4/c1-18(29)24(26(31)28-32)27-25(30)23-16-14-20(15-17-23)5-3-2-4-19-6-8-21(9-7-19)10-11-22-12-13-22/h3,5-9,14-18,22,24,29,32H,10-13H2,1H3,(H,27,30)(H,28,31)/b5-3+/t18-,24+/m1/s1. The summed E-state index contributed by atoms with van der Waals surface area (Å²) in [5.74, 6) is 5.65. The van der Waals surface area contributed by atoms with Crippen molar-refractivity contribution in [2.45, 2.75) is 44.8 Å². The minimum absolute atomic E-state index is 0.325. The van der Waals surface area contributed by atoms with Crippen LogP contribution in [-0.2, 0) is 11.2 Å². The summed E-state index contributed by atoms with van der Waals surface area (Å²) in [4.78, 5) is 23.8. The van der Waals surface area contributed by atoms with Crippen LogP contribution >= 0.6 is 0 Å². The van der Waals surface area contributed by atoms with Crippen molar-refractivity contribution < 1.29 is 19.9 Å². The summed E-state index contributed by atoms with van der Waals surface area (Å²) >= 11 is 0. The zero-order valence-electron chi connectivity index (χ0n) is 18.0. The van der Waals surface area contributed by atoms with E-state index in [0.29, 0.717) is 5.56 Å². The number of benzene rings is 2. The molecule has 0 aliphatic heterocycles. The van der Waals surface area contributed by atoms with Gasteiger partial charge in [0.25, 0.3) is 11.8 Å². The first-order chi connectivity index (χ1) is 15.5. The van der Waals surface area contributed by atoms with E-state index in [-0.39, 0.29) is 0 Å². The van der Waals surface area contributed by atoms with Gasteiger partial charge in [-0.15, -0.1) is 0 Å². The number of carbonyl (C=O) groups excluding carboxylic acids is 2. The van der Waals surface area contributed by atoms with E-state index in [1.165, 1.54) is 37.2 Å². The minimum Gasteiger partial charge on any atom is -0.391 e. The summed E-state index contributed by atoms with van der Waals surface area (Å²) in [5.41, 5.74) is 4.95. The average Bonchev–Trinajstić information content (AvgIpc) is 3.64. The Balaban J connectivity index is 1.53. The molecule has 0 heterocycles. The second-order valence-corrected chi connectivity index (χ2v) is 8.07. The highest BCUT2D eigenvalue weighted by Gasteiger charge is 2.25. The van der Waals surface area contributed by atoms with Gasteiger partial charge in [-0.2, -0.15) is 0 Å². The van der Waals surface area contributed by atoms with E-state index >= 15 is 0 Å². The van der Waals surface area contributed by atoms with Gasteiger partial charge in [-0.25, -0.2) is 5.48 Å². The summed E-state index contributed by atoms with van der Waals surface area (Å²) in [6.07, 6.45) is 7.64. The molecule has 4 N–H and O–H groups in total. The number of aliphatic hydroxyl groups is 1. The van der Waals surface area contributed by atoms with Crippen LogP contribution in [0, 0.1) is 17.8 Å². The lowest BCUT2D eigenvalue weighted by Crippen LogP contribution is -2.51. The molecule has 1 aliphatic rings. The van der Waals surface area contributed by atoms with Gasteiger partial charge in [0.2, 0.25) is 0 Å². The first kappa shape index (κ1) is 23.3. The Labute approximate surface area is 188 Å².